The highest BCUT2D eigenvalue weighted by Crippen LogP contribution is 2.24. The summed E-state index contributed by atoms with van der Waals surface area (Å²) in [7, 11) is 1.77. The van der Waals surface area contributed by atoms with Crippen molar-refractivity contribution in [3.63, 3.8) is 0 Å². The summed E-state index contributed by atoms with van der Waals surface area (Å²) in [4.78, 5) is 0. The summed E-state index contributed by atoms with van der Waals surface area (Å²) in [6, 6.07) is 1.32. The molecule has 2 aromatic rings. The number of rotatable bonds is 4. The Hall–Kier alpha value is -1.50. The first-order valence-electron chi connectivity index (χ1n) is 6.02. The van der Waals surface area contributed by atoms with E-state index in [9.17, 15) is 13.2 Å². The summed E-state index contributed by atoms with van der Waals surface area (Å²) in [6.07, 6.45) is 0.758. The summed E-state index contributed by atoms with van der Waals surface area (Å²) in [6.45, 7) is 2.21. The lowest BCUT2D eigenvalue weighted by molar-refractivity contribution is 0.496. The van der Waals surface area contributed by atoms with Crippen LogP contribution in [-0.2, 0) is 20.0 Å². The maximum Gasteiger partial charge on any atom is 0.161 e. The van der Waals surface area contributed by atoms with Gasteiger partial charge < -0.3 is 5.32 Å². The van der Waals surface area contributed by atoms with Crippen molar-refractivity contribution < 1.29 is 13.2 Å². The number of hydrogen-bond acceptors (Lipinski definition) is 2. The molecule has 1 aromatic heterocycles. The van der Waals surface area contributed by atoms with Crippen molar-refractivity contribution in [2.75, 3.05) is 5.32 Å². The molecule has 0 spiro atoms. The molecule has 7 heteroatoms. The Morgan fingerprint density at radius 1 is 1.20 bits per heavy atom. The van der Waals surface area contributed by atoms with Crippen LogP contribution in [0.25, 0.3) is 0 Å². The number of halogens is 4. The van der Waals surface area contributed by atoms with Gasteiger partial charge in [-0.2, -0.15) is 5.10 Å². The number of benzene rings is 1. The first-order chi connectivity index (χ1) is 9.43. The standard InChI is InChI=1S/C13H13BrF3N3/c1-3-10-13(14)12(20(2)19-10)6-18-11-5-8(16)7(15)4-9(11)17/h4-5,18H,3,6H2,1-2H3. The minimum atomic E-state index is -1.21. The van der Waals surface area contributed by atoms with Gasteiger partial charge >= 0.3 is 0 Å². The van der Waals surface area contributed by atoms with Gasteiger partial charge in [-0.15, -0.1) is 0 Å². The van der Waals surface area contributed by atoms with Crippen LogP contribution in [0.1, 0.15) is 18.3 Å². The van der Waals surface area contributed by atoms with Crippen molar-refractivity contribution in [1.82, 2.24) is 9.78 Å². The molecule has 0 amide bonds. The first-order valence-corrected chi connectivity index (χ1v) is 6.82. The van der Waals surface area contributed by atoms with Gasteiger partial charge in [-0.1, -0.05) is 6.92 Å². The number of nitrogens with one attached hydrogen (secondary N) is 1. The van der Waals surface area contributed by atoms with Gasteiger partial charge in [0.25, 0.3) is 0 Å². The predicted molar refractivity (Wildman–Crippen MR) is 73.9 cm³/mol. The molecule has 108 valence electrons. The molecule has 0 saturated carbocycles. The molecule has 0 radical (unpaired) electrons. The second-order valence-electron chi connectivity index (χ2n) is 4.28. The first kappa shape index (κ1) is 14.9. The van der Waals surface area contributed by atoms with Crippen molar-refractivity contribution in [1.29, 1.82) is 0 Å². The summed E-state index contributed by atoms with van der Waals surface area (Å²) < 4.78 is 41.9. The maximum atomic E-state index is 13.5. The third kappa shape index (κ3) is 2.82. The minimum Gasteiger partial charge on any atom is -0.377 e. The van der Waals surface area contributed by atoms with Gasteiger partial charge in [0, 0.05) is 19.2 Å². The van der Waals surface area contributed by atoms with Crippen molar-refractivity contribution in [2.24, 2.45) is 7.05 Å². The fourth-order valence-electron chi connectivity index (χ4n) is 1.85. The second-order valence-corrected chi connectivity index (χ2v) is 5.08. The molecule has 1 N–H and O–H groups in total. The normalized spacial score (nSPS) is 10.9. The van der Waals surface area contributed by atoms with Crippen LogP contribution in [0.2, 0.25) is 0 Å². The number of anilines is 1. The largest absolute Gasteiger partial charge is 0.377 e. The summed E-state index contributed by atoms with van der Waals surface area (Å²) in [5.74, 6) is -3.13. The predicted octanol–water partition coefficient (Wildman–Crippen LogP) is 3.77. The number of hydrogen-bond donors (Lipinski definition) is 1. The minimum absolute atomic E-state index is 0.0879. The second kappa shape index (κ2) is 5.87. The Labute approximate surface area is 122 Å². The molecule has 2 rings (SSSR count). The monoisotopic (exact) mass is 347 g/mol. The van der Waals surface area contributed by atoms with E-state index in [1.54, 1.807) is 11.7 Å². The Balaban J connectivity index is 2.21. The van der Waals surface area contributed by atoms with Crippen LogP contribution < -0.4 is 5.32 Å². The topological polar surface area (TPSA) is 29.9 Å². The molecule has 0 saturated heterocycles. The average Bonchev–Trinajstić information content (AvgIpc) is 2.67. The highest BCUT2D eigenvalue weighted by Gasteiger charge is 2.14. The lowest BCUT2D eigenvalue weighted by Gasteiger charge is -2.09. The zero-order valence-electron chi connectivity index (χ0n) is 11.0. The van der Waals surface area contributed by atoms with Crippen LogP contribution >= 0.6 is 15.9 Å². The van der Waals surface area contributed by atoms with Gasteiger partial charge in [0.2, 0.25) is 0 Å². The molecule has 0 fully saturated rings. The molecule has 3 nitrogen and oxygen atoms in total. The van der Waals surface area contributed by atoms with Gasteiger partial charge in [0.1, 0.15) is 5.82 Å². The van der Waals surface area contributed by atoms with E-state index in [1.165, 1.54) is 0 Å². The van der Waals surface area contributed by atoms with Crippen LogP contribution in [0, 0.1) is 17.5 Å². The van der Waals surface area contributed by atoms with Gasteiger partial charge in [-0.25, -0.2) is 13.2 Å². The molecule has 0 aliphatic rings. The number of aryl methyl sites for hydroxylation is 2. The lowest BCUT2D eigenvalue weighted by Crippen LogP contribution is -2.07. The van der Waals surface area contributed by atoms with Crippen LogP contribution in [0.4, 0.5) is 18.9 Å². The van der Waals surface area contributed by atoms with Crippen LogP contribution in [0.5, 0.6) is 0 Å². The summed E-state index contributed by atoms with van der Waals surface area (Å²) >= 11 is 3.43. The molecular formula is C13H13BrF3N3. The van der Waals surface area contributed by atoms with Gasteiger partial charge in [-0.3, -0.25) is 4.68 Å². The molecule has 0 aliphatic heterocycles. The summed E-state index contributed by atoms with van der Waals surface area (Å²) in [5, 5.41) is 7.04. The molecule has 0 unspecified atom stereocenters. The molecule has 0 atom stereocenters. The highest BCUT2D eigenvalue weighted by atomic mass is 79.9. The zero-order chi connectivity index (χ0) is 14.9. The molecule has 20 heavy (non-hydrogen) atoms. The van der Waals surface area contributed by atoms with E-state index in [1.807, 2.05) is 6.92 Å². The van der Waals surface area contributed by atoms with E-state index in [-0.39, 0.29) is 12.2 Å². The van der Waals surface area contributed by atoms with E-state index in [4.69, 9.17) is 0 Å². The molecule has 1 heterocycles. The third-order valence-electron chi connectivity index (χ3n) is 2.96. The van der Waals surface area contributed by atoms with Gasteiger partial charge in [0.05, 0.1) is 28.1 Å². The third-order valence-corrected chi connectivity index (χ3v) is 3.87. The summed E-state index contributed by atoms with van der Waals surface area (Å²) in [5.41, 5.74) is 1.59. The van der Waals surface area contributed by atoms with Gasteiger partial charge in [0.15, 0.2) is 11.6 Å². The van der Waals surface area contributed by atoms with Crippen molar-refractivity contribution in [3.05, 3.63) is 45.4 Å². The van der Waals surface area contributed by atoms with E-state index in [2.05, 4.69) is 26.3 Å². The number of aromatic nitrogens is 2. The van der Waals surface area contributed by atoms with E-state index in [0.717, 1.165) is 28.3 Å². The Morgan fingerprint density at radius 3 is 2.45 bits per heavy atom. The molecule has 0 aliphatic carbocycles. The molecular weight excluding hydrogens is 335 g/mol. The van der Waals surface area contributed by atoms with E-state index in [0.29, 0.717) is 6.07 Å². The van der Waals surface area contributed by atoms with Crippen LogP contribution in [0.3, 0.4) is 0 Å². The lowest BCUT2D eigenvalue weighted by atomic mass is 10.2. The fourth-order valence-corrected chi connectivity index (χ4v) is 2.61. The van der Waals surface area contributed by atoms with Crippen molar-refractivity contribution in [2.45, 2.75) is 19.9 Å². The Kier molecular flexibility index (Phi) is 4.37. The zero-order valence-corrected chi connectivity index (χ0v) is 12.6. The molecule has 1 aromatic carbocycles. The highest BCUT2D eigenvalue weighted by molar-refractivity contribution is 9.10. The van der Waals surface area contributed by atoms with Crippen LogP contribution in [0.15, 0.2) is 16.6 Å². The van der Waals surface area contributed by atoms with E-state index >= 15 is 0 Å². The Bertz CT molecular complexity index is 640. The fraction of sp³-hybridized carbons (Fsp3) is 0.308. The van der Waals surface area contributed by atoms with E-state index < -0.39 is 17.5 Å². The quantitative estimate of drug-likeness (QED) is 0.853. The van der Waals surface area contributed by atoms with Crippen molar-refractivity contribution in [3.8, 4) is 0 Å². The van der Waals surface area contributed by atoms with Gasteiger partial charge in [-0.05, 0) is 22.4 Å². The smallest absolute Gasteiger partial charge is 0.161 e. The average molecular weight is 348 g/mol. The SMILES string of the molecule is CCc1nn(C)c(CNc2cc(F)c(F)cc2F)c1Br. The molecule has 0 bridgehead atoms. The number of nitrogens with zero attached hydrogens (tertiary/aromatic N) is 2. The van der Waals surface area contributed by atoms with Crippen LogP contribution in [-0.4, -0.2) is 9.78 Å². The van der Waals surface area contributed by atoms with Crippen molar-refractivity contribution >= 4 is 21.6 Å². The maximum absolute atomic E-state index is 13.5. The Morgan fingerprint density at radius 2 is 1.85 bits per heavy atom.